The van der Waals surface area contributed by atoms with Gasteiger partial charge in [0.05, 0.1) is 0 Å². The number of nitrogen functional groups attached to an aromatic ring is 1. The molecule has 0 saturated heterocycles. The van der Waals surface area contributed by atoms with E-state index in [9.17, 15) is 4.79 Å². The normalized spacial score (nSPS) is 14.5. The molecule has 0 amide bonds. The van der Waals surface area contributed by atoms with E-state index < -0.39 is 0 Å². The van der Waals surface area contributed by atoms with Crippen LogP contribution in [-0.2, 0) is 0 Å². The Kier molecular flexibility index (Phi) is 2.86. The maximum atomic E-state index is 11.6. The molecule has 2 heterocycles. The topological polar surface area (TPSA) is 113 Å². The summed E-state index contributed by atoms with van der Waals surface area (Å²) < 4.78 is 1.68. The molecule has 0 radical (unpaired) electrons. The predicted octanol–water partition coefficient (Wildman–Crippen LogP) is 0.737. The molecular weight excluding hydrogens is 264 g/mol. The van der Waals surface area contributed by atoms with Crippen molar-refractivity contribution in [2.24, 2.45) is 5.73 Å². The first-order valence-corrected chi connectivity index (χ1v) is 6.62. The maximum absolute atomic E-state index is 11.6. The minimum Gasteiger partial charge on any atom is -0.382 e. The summed E-state index contributed by atoms with van der Waals surface area (Å²) in [5.74, 6) is -0.0637. The lowest BCUT2D eigenvalue weighted by Gasteiger charge is -2.03. The number of amidine groups is 1. The van der Waals surface area contributed by atoms with Crippen molar-refractivity contribution in [2.45, 2.75) is 28.9 Å². The first-order chi connectivity index (χ1) is 9.15. The molecule has 3 rings (SSSR count). The van der Waals surface area contributed by atoms with E-state index in [1.165, 1.54) is 11.8 Å². The van der Waals surface area contributed by atoms with Gasteiger partial charge in [-0.2, -0.15) is 0 Å². The van der Waals surface area contributed by atoms with Crippen LogP contribution in [0.2, 0.25) is 0 Å². The molecule has 0 aromatic carbocycles. The molecule has 98 valence electrons. The van der Waals surface area contributed by atoms with Crippen molar-refractivity contribution in [3.05, 3.63) is 34.5 Å². The van der Waals surface area contributed by atoms with Crippen LogP contribution in [-0.4, -0.2) is 25.6 Å². The molecule has 0 aliphatic heterocycles. The maximum Gasteiger partial charge on any atom is 0.344 e. The van der Waals surface area contributed by atoms with Crippen molar-refractivity contribution < 1.29 is 0 Å². The van der Waals surface area contributed by atoms with E-state index in [0.29, 0.717) is 10.9 Å². The smallest absolute Gasteiger partial charge is 0.344 e. The van der Waals surface area contributed by atoms with Gasteiger partial charge >= 0.3 is 5.69 Å². The van der Waals surface area contributed by atoms with Gasteiger partial charge in [0, 0.05) is 17.1 Å². The summed E-state index contributed by atoms with van der Waals surface area (Å²) in [6.45, 7) is 0. The van der Waals surface area contributed by atoms with E-state index in [1.807, 2.05) is 6.07 Å². The van der Waals surface area contributed by atoms with Gasteiger partial charge in [0.1, 0.15) is 11.5 Å². The summed E-state index contributed by atoms with van der Waals surface area (Å²) in [6.07, 6.45) is 3.67. The fourth-order valence-electron chi connectivity index (χ4n) is 1.72. The van der Waals surface area contributed by atoms with Crippen LogP contribution in [0.1, 0.15) is 24.6 Å². The molecule has 0 spiro atoms. The fourth-order valence-corrected chi connectivity index (χ4v) is 2.60. The highest BCUT2D eigenvalue weighted by Crippen LogP contribution is 2.37. The van der Waals surface area contributed by atoms with Crippen LogP contribution in [0.3, 0.4) is 0 Å². The Morgan fingerprint density at radius 2 is 2.32 bits per heavy atom. The van der Waals surface area contributed by atoms with Crippen molar-refractivity contribution >= 4 is 17.6 Å². The van der Waals surface area contributed by atoms with Crippen molar-refractivity contribution in [1.82, 2.24) is 19.7 Å². The number of aromatic amines is 1. The summed E-state index contributed by atoms with van der Waals surface area (Å²) in [5, 5.41) is 14.4. The summed E-state index contributed by atoms with van der Waals surface area (Å²) in [6, 6.07) is 3.76. The lowest BCUT2D eigenvalue weighted by molar-refractivity contribution is 0.642. The molecule has 4 N–H and O–H groups in total. The minimum atomic E-state index is -0.168. The Labute approximate surface area is 112 Å². The zero-order chi connectivity index (χ0) is 13.4. The number of nitrogens with one attached hydrogen (secondary N) is 2. The number of nitrogens with two attached hydrogens (primary N) is 1. The van der Waals surface area contributed by atoms with Crippen LogP contribution >= 0.6 is 11.8 Å². The molecule has 0 bridgehead atoms. The lowest BCUT2D eigenvalue weighted by atomic mass is 10.3. The quantitative estimate of drug-likeness (QED) is 0.563. The number of hydrogen-bond donors (Lipinski definition) is 3. The van der Waals surface area contributed by atoms with Gasteiger partial charge in [-0.05, 0) is 36.7 Å². The van der Waals surface area contributed by atoms with E-state index in [4.69, 9.17) is 11.1 Å². The number of pyridine rings is 1. The molecule has 1 fully saturated rings. The van der Waals surface area contributed by atoms with Crippen LogP contribution in [0.15, 0.2) is 33.2 Å². The highest BCUT2D eigenvalue weighted by Gasteiger charge is 2.28. The number of hydrogen-bond acceptors (Lipinski definition) is 5. The monoisotopic (exact) mass is 276 g/mol. The molecule has 7 nitrogen and oxygen atoms in total. The first kappa shape index (κ1) is 12.0. The predicted molar refractivity (Wildman–Crippen MR) is 70.5 cm³/mol. The molecule has 2 aromatic heterocycles. The van der Waals surface area contributed by atoms with Gasteiger partial charge in [0.15, 0.2) is 5.16 Å². The summed E-state index contributed by atoms with van der Waals surface area (Å²) in [5.41, 5.74) is 5.61. The van der Waals surface area contributed by atoms with E-state index in [-0.39, 0.29) is 17.6 Å². The van der Waals surface area contributed by atoms with E-state index >= 15 is 0 Å². The van der Waals surface area contributed by atoms with Crippen molar-refractivity contribution in [1.29, 1.82) is 5.41 Å². The average Bonchev–Trinajstić information content (AvgIpc) is 3.16. The molecular formula is C11H12N6OS. The Morgan fingerprint density at radius 1 is 1.53 bits per heavy atom. The van der Waals surface area contributed by atoms with Gasteiger partial charge in [0.2, 0.25) is 0 Å². The van der Waals surface area contributed by atoms with Gasteiger partial charge in [-0.15, -0.1) is 5.10 Å². The van der Waals surface area contributed by atoms with Gasteiger partial charge in [-0.25, -0.2) is 9.89 Å². The Bertz CT molecular complexity index is 669. The molecule has 0 unspecified atom stereocenters. The number of aromatic nitrogens is 4. The van der Waals surface area contributed by atoms with Crippen LogP contribution in [0.25, 0.3) is 0 Å². The van der Waals surface area contributed by atoms with E-state index in [1.54, 1.807) is 16.8 Å². The largest absolute Gasteiger partial charge is 0.382 e. The number of rotatable bonds is 4. The van der Waals surface area contributed by atoms with Gasteiger partial charge in [-0.3, -0.25) is 15.0 Å². The van der Waals surface area contributed by atoms with Crippen LogP contribution in [0.4, 0.5) is 0 Å². The molecule has 19 heavy (non-hydrogen) atoms. The standard InChI is InChI=1S/C11H12N6OS/c12-9(13)8-4-3-7(5-14-8)19-11-16-15-10(18)17(11)6-1-2-6/h3-6H,1-2H2,(H3,12,13)(H,15,18). The molecule has 1 aliphatic carbocycles. The molecule has 2 aromatic rings. The zero-order valence-corrected chi connectivity index (χ0v) is 10.8. The average molecular weight is 276 g/mol. The van der Waals surface area contributed by atoms with Crippen LogP contribution in [0.5, 0.6) is 0 Å². The lowest BCUT2D eigenvalue weighted by Crippen LogP contribution is -2.16. The van der Waals surface area contributed by atoms with E-state index in [2.05, 4.69) is 15.2 Å². The summed E-state index contributed by atoms with van der Waals surface area (Å²) >= 11 is 1.37. The summed E-state index contributed by atoms with van der Waals surface area (Å²) in [7, 11) is 0. The van der Waals surface area contributed by atoms with Crippen molar-refractivity contribution in [3.8, 4) is 0 Å². The third-order valence-corrected chi connectivity index (χ3v) is 3.75. The van der Waals surface area contributed by atoms with Crippen molar-refractivity contribution in [3.63, 3.8) is 0 Å². The summed E-state index contributed by atoms with van der Waals surface area (Å²) in [4.78, 5) is 16.6. The second-order valence-electron chi connectivity index (χ2n) is 4.31. The minimum absolute atomic E-state index is 0.0637. The Morgan fingerprint density at radius 3 is 2.89 bits per heavy atom. The molecule has 8 heteroatoms. The van der Waals surface area contributed by atoms with Crippen LogP contribution < -0.4 is 11.4 Å². The van der Waals surface area contributed by atoms with E-state index in [0.717, 1.165) is 17.7 Å². The van der Waals surface area contributed by atoms with Gasteiger partial charge in [0.25, 0.3) is 0 Å². The highest BCUT2D eigenvalue weighted by atomic mass is 32.2. The number of H-pyrrole nitrogens is 1. The number of nitrogens with zero attached hydrogens (tertiary/aromatic N) is 3. The van der Waals surface area contributed by atoms with Crippen molar-refractivity contribution in [2.75, 3.05) is 0 Å². The molecule has 1 saturated carbocycles. The first-order valence-electron chi connectivity index (χ1n) is 5.80. The highest BCUT2D eigenvalue weighted by molar-refractivity contribution is 7.99. The molecule has 1 aliphatic rings. The van der Waals surface area contributed by atoms with Gasteiger partial charge in [-0.1, -0.05) is 0 Å². The Hall–Kier alpha value is -2.09. The third kappa shape index (κ3) is 2.39. The fraction of sp³-hybridized carbons (Fsp3) is 0.273. The van der Waals surface area contributed by atoms with Crippen LogP contribution in [0, 0.1) is 5.41 Å². The third-order valence-electron chi connectivity index (χ3n) is 2.81. The SMILES string of the molecule is N=C(N)c1ccc(Sc2n[nH]c(=O)n2C2CC2)cn1. The van der Waals surface area contributed by atoms with Gasteiger partial charge < -0.3 is 5.73 Å². The molecule has 0 atom stereocenters. The second kappa shape index (κ2) is 4.54. The Balaban J connectivity index is 1.85. The second-order valence-corrected chi connectivity index (χ2v) is 5.35. The zero-order valence-electron chi connectivity index (χ0n) is 9.96.